The number of ether oxygens (including phenoxy) is 3. The van der Waals surface area contributed by atoms with E-state index < -0.39 is 23.5 Å². The van der Waals surface area contributed by atoms with Crippen molar-refractivity contribution in [2.24, 2.45) is 0 Å². The van der Waals surface area contributed by atoms with Crippen molar-refractivity contribution in [3.8, 4) is 17.1 Å². The van der Waals surface area contributed by atoms with Gasteiger partial charge in [-0.05, 0) is 35.9 Å². The SMILES string of the molecule is CC1(C)OC(=O)C(=Cc2ccc(F)c(-c3noc(COc4ccccc4)n3)c2)C(=O)O1. The van der Waals surface area contributed by atoms with Crippen LogP contribution in [0.1, 0.15) is 25.3 Å². The number of hydrogen-bond donors (Lipinski definition) is 0. The number of nitrogens with zero attached hydrogens (tertiary/aromatic N) is 2. The van der Waals surface area contributed by atoms with Gasteiger partial charge in [-0.3, -0.25) is 0 Å². The van der Waals surface area contributed by atoms with Crippen molar-refractivity contribution in [2.45, 2.75) is 26.2 Å². The largest absolute Gasteiger partial charge is 0.484 e. The Balaban J connectivity index is 1.55. The molecule has 31 heavy (non-hydrogen) atoms. The van der Waals surface area contributed by atoms with Crippen LogP contribution >= 0.6 is 0 Å². The molecule has 158 valence electrons. The number of esters is 2. The van der Waals surface area contributed by atoms with E-state index in [0.29, 0.717) is 11.3 Å². The molecule has 1 aromatic heterocycles. The third-order valence-electron chi connectivity index (χ3n) is 4.23. The quantitative estimate of drug-likeness (QED) is 0.347. The second kappa shape index (κ2) is 8.02. The van der Waals surface area contributed by atoms with Gasteiger partial charge < -0.3 is 18.7 Å². The Morgan fingerprint density at radius 2 is 1.77 bits per heavy atom. The monoisotopic (exact) mass is 424 g/mol. The van der Waals surface area contributed by atoms with Crippen LogP contribution in [0.25, 0.3) is 17.5 Å². The van der Waals surface area contributed by atoms with E-state index in [2.05, 4.69) is 10.1 Å². The molecule has 0 N–H and O–H groups in total. The van der Waals surface area contributed by atoms with Gasteiger partial charge in [-0.2, -0.15) is 4.98 Å². The van der Waals surface area contributed by atoms with Gasteiger partial charge >= 0.3 is 11.9 Å². The van der Waals surface area contributed by atoms with E-state index in [-0.39, 0.29) is 29.5 Å². The Morgan fingerprint density at radius 3 is 2.48 bits per heavy atom. The van der Waals surface area contributed by atoms with E-state index in [1.807, 2.05) is 18.2 Å². The first-order valence-electron chi connectivity index (χ1n) is 9.29. The topological polar surface area (TPSA) is 101 Å². The van der Waals surface area contributed by atoms with Crippen LogP contribution in [0.2, 0.25) is 0 Å². The second-order valence-electron chi connectivity index (χ2n) is 7.09. The summed E-state index contributed by atoms with van der Waals surface area (Å²) >= 11 is 0. The summed E-state index contributed by atoms with van der Waals surface area (Å²) in [6.07, 6.45) is 1.25. The summed E-state index contributed by atoms with van der Waals surface area (Å²) in [5.74, 6) is -2.82. The zero-order valence-corrected chi connectivity index (χ0v) is 16.6. The standard InChI is InChI=1S/C22H17FN2O6/c1-22(2)29-20(26)16(21(27)30-22)11-13-8-9-17(23)15(10-13)19-24-18(31-25-19)12-28-14-6-4-3-5-7-14/h3-11H,12H2,1-2H3. The highest BCUT2D eigenvalue weighted by Crippen LogP contribution is 2.27. The number of rotatable bonds is 5. The van der Waals surface area contributed by atoms with Crippen LogP contribution in [-0.2, 0) is 25.7 Å². The Labute approximate surface area is 176 Å². The van der Waals surface area contributed by atoms with Gasteiger partial charge in [-0.1, -0.05) is 29.4 Å². The zero-order valence-electron chi connectivity index (χ0n) is 16.6. The minimum Gasteiger partial charge on any atom is -0.484 e. The van der Waals surface area contributed by atoms with Gasteiger partial charge in [0.1, 0.15) is 17.1 Å². The first kappa shape index (κ1) is 20.3. The Bertz CT molecular complexity index is 1150. The highest BCUT2D eigenvalue weighted by atomic mass is 19.1. The van der Waals surface area contributed by atoms with Crippen LogP contribution < -0.4 is 4.74 Å². The number of hydrogen-bond acceptors (Lipinski definition) is 8. The molecule has 0 aliphatic carbocycles. The fraction of sp³-hybridized carbons (Fsp3) is 0.182. The average molecular weight is 424 g/mol. The zero-order chi connectivity index (χ0) is 22.0. The predicted molar refractivity (Wildman–Crippen MR) is 105 cm³/mol. The van der Waals surface area contributed by atoms with Crippen LogP contribution in [0.4, 0.5) is 4.39 Å². The third kappa shape index (κ3) is 4.61. The van der Waals surface area contributed by atoms with Crippen molar-refractivity contribution in [1.82, 2.24) is 10.1 Å². The number of benzene rings is 2. The molecule has 8 nitrogen and oxygen atoms in total. The Morgan fingerprint density at radius 1 is 1.06 bits per heavy atom. The molecule has 3 aromatic rings. The molecule has 1 aliphatic heterocycles. The lowest BCUT2D eigenvalue weighted by Gasteiger charge is -2.29. The lowest BCUT2D eigenvalue weighted by Crippen LogP contribution is -2.41. The molecule has 0 spiro atoms. The van der Waals surface area contributed by atoms with Crippen molar-refractivity contribution in [3.63, 3.8) is 0 Å². The molecule has 1 fully saturated rings. The van der Waals surface area contributed by atoms with Crippen LogP contribution in [0.5, 0.6) is 5.75 Å². The lowest BCUT2D eigenvalue weighted by molar-refractivity contribution is -0.222. The van der Waals surface area contributed by atoms with Gasteiger partial charge in [0.15, 0.2) is 6.61 Å². The van der Waals surface area contributed by atoms with E-state index in [4.69, 9.17) is 18.7 Å². The summed E-state index contributed by atoms with van der Waals surface area (Å²) < 4.78 is 35.2. The van der Waals surface area contributed by atoms with Crippen molar-refractivity contribution in [3.05, 3.63) is 71.4 Å². The van der Waals surface area contributed by atoms with Gasteiger partial charge in [0.25, 0.3) is 11.7 Å². The van der Waals surface area contributed by atoms with E-state index in [1.165, 1.54) is 38.1 Å². The number of aromatic nitrogens is 2. The molecule has 0 bridgehead atoms. The smallest absolute Gasteiger partial charge is 0.348 e. The van der Waals surface area contributed by atoms with E-state index >= 15 is 0 Å². The maximum Gasteiger partial charge on any atom is 0.348 e. The van der Waals surface area contributed by atoms with E-state index in [1.54, 1.807) is 12.1 Å². The molecule has 0 amide bonds. The fourth-order valence-corrected chi connectivity index (χ4v) is 2.83. The number of carbonyl (C=O) groups is 2. The summed E-state index contributed by atoms with van der Waals surface area (Å²) in [5.41, 5.74) is 0.0794. The summed E-state index contributed by atoms with van der Waals surface area (Å²) in [4.78, 5) is 28.4. The minimum absolute atomic E-state index is 0.000609. The normalized spacial score (nSPS) is 15.3. The minimum atomic E-state index is -1.34. The predicted octanol–water partition coefficient (Wildman–Crippen LogP) is 3.67. The molecule has 0 saturated carbocycles. The highest BCUT2D eigenvalue weighted by Gasteiger charge is 2.38. The van der Waals surface area contributed by atoms with Crippen LogP contribution in [0, 0.1) is 5.82 Å². The molecule has 2 heterocycles. The van der Waals surface area contributed by atoms with Crippen molar-refractivity contribution in [2.75, 3.05) is 0 Å². The van der Waals surface area contributed by atoms with Crippen LogP contribution in [0.3, 0.4) is 0 Å². The molecule has 0 unspecified atom stereocenters. The van der Waals surface area contributed by atoms with Crippen LogP contribution in [0.15, 0.2) is 58.6 Å². The van der Waals surface area contributed by atoms with Crippen LogP contribution in [-0.4, -0.2) is 27.9 Å². The maximum absolute atomic E-state index is 14.4. The Hall–Kier alpha value is -4.01. The third-order valence-corrected chi connectivity index (χ3v) is 4.23. The number of carbonyl (C=O) groups excluding carboxylic acids is 2. The first-order chi connectivity index (χ1) is 14.8. The van der Waals surface area contributed by atoms with Crippen molar-refractivity contribution < 1.29 is 32.7 Å². The Kier molecular flexibility index (Phi) is 5.24. The summed E-state index contributed by atoms with van der Waals surface area (Å²) in [6, 6.07) is 13.0. The number of para-hydroxylation sites is 1. The molecule has 4 rings (SSSR count). The van der Waals surface area contributed by atoms with E-state index in [0.717, 1.165) is 0 Å². The van der Waals surface area contributed by atoms with Gasteiger partial charge in [0.05, 0.1) is 5.56 Å². The van der Waals surface area contributed by atoms with Gasteiger partial charge in [0.2, 0.25) is 5.82 Å². The lowest BCUT2D eigenvalue weighted by atomic mass is 10.1. The summed E-state index contributed by atoms with van der Waals surface area (Å²) in [6.45, 7) is 2.91. The molecule has 0 atom stereocenters. The number of halogens is 1. The average Bonchev–Trinajstić information content (AvgIpc) is 3.19. The molecule has 9 heteroatoms. The fourth-order valence-electron chi connectivity index (χ4n) is 2.83. The number of cyclic esters (lactones) is 2. The highest BCUT2D eigenvalue weighted by molar-refractivity contribution is 6.18. The molecule has 1 saturated heterocycles. The van der Waals surface area contributed by atoms with Crippen molar-refractivity contribution >= 4 is 18.0 Å². The summed E-state index contributed by atoms with van der Waals surface area (Å²) in [5, 5.41) is 3.79. The van der Waals surface area contributed by atoms with Crippen molar-refractivity contribution in [1.29, 1.82) is 0 Å². The maximum atomic E-state index is 14.4. The molecule has 0 radical (unpaired) electrons. The molecular formula is C22H17FN2O6. The second-order valence-corrected chi connectivity index (χ2v) is 7.09. The van der Waals surface area contributed by atoms with Gasteiger partial charge in [-0.25, -0.2) is 14.0 Å². The summed E-state index contributed by atoms with van der Waals surface area (Å²) in [7, 11) is 0. The first-order valence-corrected chi connectivity index (χ1v) is 9.29. The molecule has 1 aliphatic rings. The van der Waals surface area contributed by atoms with Gasteiger partial charge in [0, 0.05) is 13.8 Å². The van der Waals surface area contributed by atoms with E-state index in [9.17, 15) is 14.0 Å². The molecule has 2 aromatic carbocycles. The molecular weight excluding hydrogens is 407 g/mol. The van der Waals surface area contributed by atoms with Gasteiger partial charge in [-0.15, -0.1) is 0 Å².